The molecule has 1 saturated heterocycles. The molecule has 1 aromatic carbocycles. The van der Waals surface area contributed by atoms with Gasteiger partial charge in [0.2, 0.25) is 0 Å². The molecule has 0 aliphatic carbocycles. The fraction of sp³-hybridized carbons (Fsp3) is 0.571. The first-order chi connectivity index (χ1) is 8.40. The number of methoxy groups -OCH3 is 1. The monoisotopic (exact) mass is 234 g/mol. The molecule has 2 rings (SSSR count). The van der Waals surface area contributed by atoms with E-state index in [1.807, 2.05) is 18.2 Å². The highest BCUT2D eigenvalue weighted by Gasteiger charge is 2.12. The van der Waals surface area contributed by atoms with Crippen molar-refractivity contribution < 1.29 is 4.74 Å². The first-order valence-corrected chi connectivity index (χ1v) is 6.48. The maximum Gasteiger partial charge on any atom is 0.141 e. The van der Waals surface area contributed by atoms with Crippen LogP contribution in [0.2, 0.25) is 0 Å². The molecule has 0 unspecified atom stereocenters. The average molecular weight is 234 g/mol. The minimum absolute atomic E-state index is 0.874. The van der Waals surface area contributed by atoms with Crippen molar-refractivity contribution in [3.63, 3.8) is 0 Å². The molecule has 1 heterocycles. The molecule has 0 aromatic heterocycles. The van der Waals surface area contributed by atoms with Crippen molar-refractivity contribution in [1.82, 2.24) is 5.32 Å². The Bertz CT molecular complexity index is 335. The van der Waals surface area contributed by atoms with Crippen LogP contribution >= 0.6 is 0 Å². The average Bonchev–Trinajstić information content (AvgIpc) is 2.40. The molecule has 0 radical (unpaired) electrons. The first kappa shape index (κ1) is 12.2. The van der Waals surface area contributed by atoms with Gasteiger partial charge in [-0.05, 0) is 50.4 Å². The van der Waals surface area contributed by atoms with E-state index in [2.05, 4.69) is 16.7 Å². The maximum atomic E-state index is 5.32. The van der Waals surface area contributed by atoms with Crippen molar-refractivity contribution in [1.29, 1.82) is 0 Å². The zero-order chi connectivity index (χ0) is 11.9. The minimum atomic E-state index is 0.874. The molecular weight excluding hydrogens is 212 g/mol. The standard InChI is InChI=1S/C14H22N2O/c1-17-14-5-3-2-4-13(14)16-11-8-12-6-9-15-10-7-12/h2-5,12,15-16H,6-11H2,1H3. The van der Waals surface area contributed by atoms with Crippen LogP contribution in [0.3, 0.4) is 0 Å². The summed E-state index contributed by atoms with van der Waals surface area (Å²) in [5.74, 6) is 1.80. The lowest BCUT2D eigenvalue weighted by Gasteiger charge is -2.22. The highest BCUT2D eigenvalue weighted by atomic mass is 16.5. The summed E-state index contributed by atoms with van der Waals surface area (Å²) in [6.45, 7) is 3.39. The number of piperidine rings is 1. The van der Waals surface area contributed by atoms with Gasteiger partial charge in [-0.25, -0.2) is 0 Å². The zero-order valence-electron chi connectivity index (χ0n) is 10.5. The second-order valence-electron chi connectivity index (χ2n) is 4.61. The van der Waals surface area contributed by atoms with Gasteiger partial charge in [0.15, 0.2) is 0 Å². The number of hydrogen-bond acceptors (Lipinski definition) is 3. The number of ether oxygens (including phenoxy) is 1. The second-order valence-corrected chi connectivity index (χ2v) is 4.61. The van der Waals surface area contributed by atoms with Crippen LogP contribution in [-0.2, 0) is 0 Å². The molecule has 3 heteroatoms. The highest BCUT2D eigenvalue weighted by molar-refractivity contribution is 5.55. The van der Waals surface area contributed by atoms with Gasteiger partial charge >= 0.3 is 0 Å². The summed E-state index contributed by atoms with van der Waals surface area (Å²) in [6.07, 6.45) is 3.88. The number of anilines is 1. The number of rotatable bonds is 5. The van der Waals surface area contributed by atoms with Crippen molar-refractivity contribution in [2.45, 2.75) is 19.3 Å². The predicted molar refractivity (Wildman–Crippen MR) is 71.7 cm³/mol. The molecule has 0 amide bonds. The summed E-state index contributed by atoms with van der Waals surface area (Å²) in [4.78, 5) is 0. The predicted octanol–water partition coefficient (Wildman–Crippen LogP) is 2.50. The molecule has 0 spiro atoms. The van der Waals surface area contributed by atoms with Crippen molar-refractivity contribution in [2.75, 3.05) is 32.1 Å². The van der Waals surface area contributed by atoms with Gasteiger partial charge < -0.3 is 15.4 Å². The Kier molecular flexibility index (Phi) is 4.68. The molecule has 0 saturated carbocycles. The quantitative estimate of drug-likeness (QED) is 0.821. The molecule has 0 atom stereocenters. The molecule has 0 bridgehead atoms. The van der Waals surface area contributed by atoms with Crippen LogP contribution in [0.25, 0.3) is 0 Å². The Morgan fingerprint density at radius 1 is 1.29 bits per heavy atom. The van der Waals surface area contributed by atoms with E-state index in [-0.39, 0.29) is 0 Å². The van der Waals surface area contributed by atoms with Gasteiger partial charge in [-0.15, -0.1) is 0 Å². The molecule has 2 N–H and O–H groups in total. The summed E-state index contributed by atoms with van der Waals surface area (Å²) < 4.78 is 5.32. The summed E-state index contributed by atoms with van der Waals surface area (Å²) in [5, 5.41) is 6.87. The fourth-order valence-electron chi connectivity index (χ4n) is 2.37. The summed E-state index contributed by atoms with van der Waals surface area (Å²) in [7, 11) is 1.72. The highest BCUT2D eigenvalue weighted by Crippen LogP contribution is 2.23. The molecule has 94 valence electrons. The molecule has 1 fully saturated rings. The number of benzene rings is 1. The van der Waals surface area contributed by atoms with Gasteiger partial charge in [0.1, 0.15) is 5.75 Å². The van der Waals surface area contributed by atoms with E-state index >= 15 is 0 Å². The van der Waals surface area contributed by atoms with Crippen molar-refractivity contribution in [3.05, 3.63) is 24.3 Å². The van der Waals surface area contributed by atoms with Gasteiger partial charge in [0.05, 0.1) is 12.8 Å². The van der Waals surface area contributed by atoms with E-state index in [4.69, 9.17) is 4.74 Å². The van der Waals surface area contributed by atoms with Crippen LogP contribution in [0, 0.1) is 5.92 Å². The summed E-state index contributed by atoms with van der Waals surface area (Å²) in [5.41, 5.74) is 1.10. The summed E-state index contributed by atoms with van der Waals surface area (Å²) in [6, 6.07) is 8.10. The van der Waals surface area contributed by atoms with Gasteiger partial charge in [0, 0.05) is 6.54 Å². The van der Waals surface area contributed by atoms with E-state index in [0.29, 0.717) is 0 Å². The van der Waals surface area contributed by atoms with E-state index in [0.717, 1.165) is 23.9 Å². The third kappa shape index (κ3) is 3.63. The van der Waals surface area contributed by atoms with E-state index in [9.17, 15) is 0 Å². The van der Waals surface area contributed by atoms with Crippen LogP contribution in [-0.4, -0.2) is 26.7 Å². The van der Waals surface area contributed by atoms with Crippen LogP contribution < -0.4 is 15.4 Å². The second kappa shape index (κ2) is 6.50. The topological polar surface area (TPSA) is 33.3 Å². The molecule has 3 nitrogen and oxygen atoms in total. The number of para-hydroxylation sites is 2. The lowest BCUT2D eigenvalue weighted by atomic mass is 9.95. The largest absolute Gasteiger partial charge is 0.495 e. The SMILES string of the molecule is COc1ccccc1NCCC1CCNCC1. The Hall–Kier alpha value is -1.22. The minimum Gasteiger partial charge on any atom is -0.495 e. The number of hydrogen-bond donors (Lipinski definition) is 2. The lowest BCUT2D eigenvalue weighted by molar-refractivity contribution is 0.360. The third-order valence-corrected chi connectivity index (χ3v) is 3.43. The van der Waals surface area contributed by atoms with Gasteiger partial charge in [-0.1, -0.05) is 12.1 Å². The van der Waals surface area contributed by atoms with Crippen LogP contribution in [0.1, 0.15) is 19.3 Å². The van der Waals surface area contributed by atoms with Crippen molar-refractivity contribution in [3.8, 4) is 5.75 Å². The number of nitrogens with one attached hydrogen (secondary N) is 2. The van der Waals surface area contributed by atoms with Crippen LogP contribution in [0.4, 0.5) is 5.69 Å². The molecule has 17 heavy (non-hydrogen) atoms. The Labute approximate surface area is 104 Å². The first-order valence-electron chi connectivity index (χ1n) is 6.48. The normalized spacial score (nSPS) is 16.8. The fourth-order valence-corrected chi connectivity index (χ4v) is 2.37. The van der Waals surface area contributed by atoms with Gasteiger partial charge in [0.25, 0.3) is 0 Å². The maximum absolute atomic E-state index is 5.32. The Morgan fingerprint density at radius 3 is 2.82 bits per heavy atom. The van der Waals surface area contributed by atoms with Gasteiger partial charge in [-0.3, -0.25) is 0 Å². The molecule has 1 aliphatic rings. The molecular formula is C14H22N2O. The molecule has 1 aromatic rings. The van der Waals surface area contributed by atoms with E-state index in [1.165, 1.54) is 32.4 Å². The van der Waals surface area contributed by atoms with Crippen LogP contribution in [0.15, 0.2) is 24.3 Å². The lowest BCUT2D eigenvalue weighted by Crippen LogP contribution is -2.28. The van der Waals surface area contributed by atoms with Crippen molar-refractivity contribution >= 4 is 5.69 Å². The van der Waals surface area contributed by atoms with E-state index in [1.54, 1.807) is 7.11 Å². The van der Waals surface area contributed by atoms with Gasteiger partial charge in [-0.2, -0.15) is 0 Å². The van der Waals surface area contributed by atoms with Crippen molar-refractivity contribution in [2.24, 2.45) is 5.92 Å². The summed E-state index contributed by atoms with van der Waals surface area (Å²) >= 11 is 0. The van der Waals surface area contributed by atoms with Crippen LogP contribution in [0.5, 0.6) is 5.75 Å². The molecule has 1 aliphatic heterocycles. The van der Waals surface area contributed by atoms with E-state index < -0.39 is 0 Å². The Morgan fingerprint density at radius 2 is 2.06 bits per heavy atom. The smallest absolute Gasteiger partial charge is 0.141 e. The Balaban J connectivity index is 1.77. The zero-order valence-corrected chi connectivity index (χ0v) is 10.5. The third-order valence-electron chi connectivity index (χ3n) is 3.43.